The van der Waals surface area contributed by atoms with Crippen LogP contribution in [0.2, 0.25) is 0 Å². The van der Waals surface area contributed by atoms with Gasteiger partial charge in [0.1, 0.15) is 17.3 Å². The van der Waals surface area contributed by atoms with Crippen LogP contribution in [-0.2, 0) is 11.8 Å². The zero-order valence-corrected chi connectivity index (χ0v) is 23.3. The summed E-state index contributed by atoms with van der Waals surface area (Å²) in [6.45, 7) is 1.15. The Morgan fingerprint density at radius 1 is 1.10 bits per heavy atom. The van der Waals surface area contributed by atoms with Gasteiger partial charge in [0, 0.05) is 31.6 Å². The number of nitriles is 1. The smallest absolute Gasteiger partial charge is 0.356 e. The standard InChI is InChI=1S/C28H22F2N6O5S/c1-35-9-8-32-25(35)17-11-16(42-28-34-14-19(36(28)2)27(38)39-3)5-7-21(17)40-24-18(29)13-33-26(23(24)30)41-22-10-15(12-31)4-6-20(22)37/h4-7,10-11,13-14,37H,8-9H2,1-3H3. The third-order valence-electron chi connectivity index (χ3n) is 6.21. The SMILES string of the molecule is COC(=O)c1cnc(Sc2ccc(Oc3c(F)cnc(Oc4cc(C#N)ccc4O)c3F)c(C3=NCCN3C)c2)n1C. The van der Waals surface area contributed by atoms with E-state index in [1.165, 1.54) is 43.3 Å². The number of aliphatic imine (C=N–C) groups is 1. The van der Waals surface area contributed by atoms with E-state index in [1.54, 1.807) is 29.8 Å². The number of aromatic nitrogens is 3. The average molecular weight is 593 g/mol. The largest absolute Gasteiger partial charge is 0.504 e. The molecule has 0 fully saturated rings. The van der Waals surface area contributed by atoms with E-state index >= 15 is 4.39 Å². The van der Waals surface area contributed by atoms with Crippen molar-refractivity contribution in [2.75, 3.05) is 27.2 Å². The second-order valence-corrected chi connectivity index (χ2v) is 9.96. The van der Waals surface area contributed by atoms with Gasteiger partial charge in [-0.15, -0.1) is 0 Å². The van der Waals surface area contributed by atoms with Gasteiger partial charge in [-0.05, 0) is 30.3 Å². The lowest BCUT2D eigenvalue weighted by molar-refractivity contribution is 0.0589. The molecule has 0 saturated heterocycles. The van der Waals surface area contributed by atoms with Crippen LogP contribution in [0.15, 0.2) is 63.8 Å². The molecule has 2 aromatic heterocycles. The first kappa shape index (κ1) is 28.4. The fraction of sp³-hybridized carbons (Fsp3) is 0.179. The quantitative estimate of drug-likeness (QED) is 0.282. The number of ether oxygens (including phenoxy) is 3. The molecule has 0 bridgehead atoms. The lowest BCUT2D eigenvalue weighted by Crippen LogP contribution is -2.24. The number of methoxy groups -OCH3 is 1. The van der Waals surface area contributed by atoms with Crippen LogP contribution in [0.5, 0.6) is 28.9 Å². The predicted octanol–water partition coefficient (Wildman–Crippen LogP) is 4.88. The van der Waals surface area contributed by atoms with E-state index < -0.39 is 29.2 Å². The predicted molar refractivity (Wildman–Crippen MR) is 146 cm³/mol. The van der Waals surface area contributed by atoms with Gasteiger partial charge >= 0.3 is 5.97 Å². The number of hydrogen-bond acceptors (Lipinski definition) is 11. The molecule has 0 spiro atoms. The number of nitrogens with zero attached hydrogens (tertiary/aromatic N) is 6. The normalized spacial score (nSPS) is 12.6. The number of phenols is 1. The van der Waals surface area contributed by atoms with Crippen LogP contribution in [0.25, 0.3) is 0 Å². The summed E-state index contributed by atoms with van der Waals surface area (Å²) < 4.78 is 47.9. The highest BCUT2D eigenvalue weighted by atomic mass is 32.2. The lowest BCUT2D eigenvalue weighted by atomic mass is 10.1. The number of amidine groups is 1. The van der Waals surface area contributed by atoms with Gasteiger partial charge in [-0.1, -0.05) is 11.8 Å². The first-order valence-corrected chi connectivity index (χ1v) is 13.1. The van der Waals surface area contributed by atoms with Crippen molar-refractivity contribution in [2.45, 2.75) is 10.1 Å². The Morgan fingerprint density at radius 3 is 2.62 bits per heavy atom. The van der Waals surface area contributed by atoms with Gasteiger partial charge in [-0.3, -0.25) is 4.99 Å². The second kappa shape index (κ2) is 11.8. The van der Waals surface area contributed by atoms with Crippen LogP contribution in [0, 0.1) is 23.0 Å². The summed E-state index contributed by atoms with van der Waals surface area (Å²) in [4.78, 5) is 27.0. The number of carbonyl (C=O) groups excluding carboxylic acids is 1. The summed E-state index contributed by atoms with van der Waals surface area (Å²) in [5.74, 6) is -4.30. The zero-order chi connectivity index (χ0) is 30.0. The molecule has 1 N–H and O–H groups in total. The third-order valence-corrected chi connectivity index (χ3v) is 7.26. The highest BCUT2D eigenvalue weighted by Gasteiger charge is 2.25. The van der Waals surface area contributed by atoms with Crippen LogP contribution in [0.4, 0.5) is 8.78 Å². The molecular formula is C28H22F2N6O5S. The summed E-state index contributed by atoms with van der Waals surface area (Å²) in [7, 11) is 4.80. The second-order valence-electron chi connectivity index (χ2n) is 8.92. The van der Waals surface area contributed by atoms with Gasteiger partial charge in [0.25, 0.3) is 5.88 Å². The van der Waals surface area contributed by atoms with Crippen molar-refractivity contribution < 1.29 is 32.9 Å². The van der Waals surface area contributed by atoms with Crippen molar-refractivity contribution in [2.24, 2.45) is 12.0 Å². The molecule has 0 atom stereocenters. The molecule has 3 heterocycles. The maximum Gasteiger partial charge on any atom is 0.356 e. The molecule has 0 radical (unpaired) electrons. The first-order valence-electron chi connectivity index (χ1n) is 12.3. The van der Waals surface area contributed by atoms with Crippen LogP contribution >= 0.6 is 11.8 Å². The van der Waals surface area contributed by atoms with Crippen LogP contribution in [0.3, 0.4) is 0 Å². The maximum absolute atomic E-state index is 15.5. The van der Waals surface area contributed by atoms with Crippen molar-refractivity contribution in [3.63, 3.8) is 0 Å². The van der Waals surface area contributed by atoms with Gasteiger partial charge in [0.2, 0.25) is 11.6 Å². The molecule has 42 heavy (non-hydrogen) atoms. The van der Waals surface area contributed by atoms with Crippen molar-refractivity contribution in [3.05, 3.63) is 77.2 Å². The van der Waals surface area contributed by atoms with E-state index in [9.17, 15) is 14.3 Å². The van der Waals surface area contributed by atoms with E-state index in [0.29, 0.717) is 34.5 Å². The van der Waals surface area contributed by atoms with E-state index in [4.69, 9.17) is 19.5 Å². The zero-order valence-electron chi connectivity index (χ0n) is 22.5. The molecule has 0 aliphatic carbocycles. The molecule has 214 valence electrons. The van der Waals surface area contributed by atoms with E-state index in [-0.39, 0.29) is 28.5 Å². The number of aromatic hydroxyl groups is 1. The number of carbonyl (C=O) groups is 1. The Hall–Kier alpha value is -5.16. The van der Waals surface area contributed by atoms with E-state index in [1.807, 2.05) is 18.0 Å². The number of likely N-dealkylation sites (N-methyl/N-ethyl adjacent to an activating group) is 1. The van der Waals surface area contributed by atoms with Gasteiger partial charge in [-0.2, -0.15) is 9.65 Å². The summed E-state index contributed by atoms with van der Waals surface area (Å²) in [6, 6.07) is 10.6. The van der Waals surface area contributed by atoms with Gasteiger partial charge in [-0.25, -0.2) is 19.2 Å². The lowest BCUT2D eigenvalue weighted by Gasteiger charge is -2.19. The molecule has 1 aliphatic heterocycles. The minimum absolute atomic E-state index is 0.103. The molecule has 0 unspecified atom stereocenters. The highest BCUT2D eigenvalue weighted by molar-refractivity contribution is 7.99. The fourth-order valence-corrected chi connectivity index (χ4v) is 4.89. The molecule has 0 saturated carbocycles. The Balaban J connectivity index is 1.50. The number of esters is 1. The molecule has 4 aromatic rings. The maximum atomic E-state index is 15.5. The number of halogens is 2. The fourth-order valence-electron chi connectivity index (χ4n) is 4.02. The number of pyridine rings is 1. The topological polar surface area (TPSA) is 135 Å². The monoisotopic (exact) mass is 592 g/mol. The Kier molecular flexibility index (Phi) is 7.94. The number of imidazole rings is 1. The molecule has 11 nitrogen and oxygen atoms in total. The molecule has 5 rings (SSSR count). The number of benzene rings is 2. The summed E-state index contributed by atoms with van der Waals surface area (Å²) >= 11 is 1.26. The highest BCUT2D eigenvalue weighted by Crippen LogP contribution is 2.39. The van der Waals surface area contributed by atoms with Gasteiger partial charge in [0.05, 0.1) is 43.2 Å². The summed E-state index contributed by atoms with van der Waals surface area (Å²) in [5.41, 5.74) is 0.882. The molecule has 1 aliphatic rings. The number of phenolic OH excluding ortho intramolecular Hbond substituents is 1. The van der Waals surface area contributed by atoms with E-state index in [2.05, 4.69) is 15.0 Å². The van der Waals surface area contributed by atoms with Crippen LogP contribution < -0.4 is 9.47 Å². The average Bonchev–Trinajstić information content (AvgIpc) is 3.58. The van der Waals surface area contributed by atoms with Crippen molar-refractivity contribution in [1.82, 2.24) is 19.4 Å². The Labute approximate surface area is 242 Å². The van der Waals surface area contributed by atoms with Gasteiger partial charge < -0.3 is 28.8 Å². The third kappa shape index (κ3) is 5.54. The first-order chi connectivity index (χ1) is 20.2. The number of hydrogen-bond donors (Lipinski definition) is 1. The molecular weight excluding hydrogens is 570 g/mol. The van der Waals surface area contributed by atoms with Crippen molar-refractivity contribution in [1.29, 1.82) is 5.26 Å². The molecule has 2 aromatic carbocycles. The minimum atomic E-state index is -1.26. The van der Waals surface area contributed by atoms with E-state index in [0.717, 1.165) is 6.20 Å². The van der Waals surface area contributed by atoms with Crippen molar-refractivity contribution in [3.8, 4) is 34.9 Å². The Morgan fingerprint density at radius 2 is 1.90 bits per heavy atom. The summed E-state index contributed by atoms with van der Waals surface area (Å²) in [5, 5.41) is 19.7. The van der Waals surface area contributed by atoms with Crippen molar-refractivity contribution >= 4 is 23.6 Å². The Bertz CT molecular complexity index is 1770. The van der Waals surface area contributed by atoms with Crippen LogP contribution in [0.1, 0.15) is 21.6 Å². The van der Waals surface area contributed by atoms with Gasteiger partial charge in [0.15, 0.2) is 22.5 Å². The minimum Gasteiger partial charge on any atom is -0.504 e. The summed E-state index contributed by atoms with van der Waals surface area (Å²) in [6.07, 6.45) is 2.13. The molecule has 0 amide bonds. The van der Waals surface area contributed by atoms with Crippen LogP contribution in [-0.4, -0.2) is 63.6 Å². The molecule has 14 heteroatoms. The number of rotatable bonds is 8.